The fraction of sp³-hybridized carbons (Fsp3) is 0.500. The van der Waals surface area contributed by atoms with Crippen molar-refractivity contribution in [3.8, 4) is 0 Å². The van der Waals surface area contributed by atoms with Crippen molar-refractivity contribution in [2.75, 3.05) is 39.5 Å². The number of guanidine groups is 1. The first-order chi connectivity index (χ1) is 12.1. The second-order valence-corrected chi connectivity index (χ2v) is 6.83. The van der Waals surface area contributed by atoms with E-state index < -0.39 is 5.54 Å². The Morgan fingerprint density at radius 2 is 2.27 bits per heavy atom. The van der Waals surface area contributed by atoms with Crippen LogP contribution in [0, 0.1) is 5.82 Å². The number of aliphatic hydroxyl groups excluding tert-OH is 1. The molecule has 1 unspecified atom stereocenters. The maximum Gasteiger partial charge on any atom is 0.194 e. The second kappa shape index (κ2) is 7.69. The fourth-order valence-electron chi connectivity index (χ4n) is 3.78. The van der Waals surface area contributed by atoms with Crippen LogP contribution in [0.4, 0.5) is 4.39 Å². The van der Waals surface area contributed by atoms with E-state index in [2.05, 4.69) is 21.4 Å². The summed E-state index contributed by atoms with van der Waals surface area (Å²) in [6.07, 6.45) is 2.87. The van der Waals surface area contributed by atoms with E-state index in [0.29, 0.717) is 19.8 Å². The minimum Gasteiger partial charge on any atom is -0.394 e. The van der Waals surface area contributed by atoms with Crippen LogP contribution >= 0.6 is 24.0 Å². The van der Waals surface area contributed by atoms with Gasteiger partial charge in [-0.05, 0) is 30.2 Å². The highest BCUT2D eigenvalue weighted by Crippen LogP contribution is 2.26. The summed E-state index contributed by atoms with van der Waals surface area (Å²) in [7, 11) is 1.93. The number of morpholine rings is 1. The average Bonchev–Trinajstić information content (AvgIpc) is 3.14. The number of fused-ring (bicyclic) bond motifs is 2. The highest BCUT2D eigenvalue weighted by atomic mass is 127. The van der Waals surface area contributed by atoms with Crippen molar-refractivity contribution in [2.45, 2.75) is 12.0 Å². The first-order valence-corrected chi connectivity index (χ1v) is 8.61. The molecule has 1 aromatic carbocycles. The number of hydrogen-bond donors (Lipinski definition) is 2. The first-order valence-electron chi connectivity index (χ1n) is 8.61. The fourth-order valence-corrected chi connectivity index (χ4v) is 3.78. The lowest BCUT2D eigenvalue weighted by Gasteiger charge is -2.41. The summed E-state index contributed by atoms with van der Waals surface area (Å²) in [6.45, 7) is 3.22. The van der Waals surface area contributed by atoms with E-state index in [9.17, 15) is 9.50 Å². The standard InChI is InChI=1S/C18H23FN4O2.HI/c1-22-9-13(15-3-2-14(19)8-16(15)22)4-5-20-17-21-10-18(11-24)12-25-7-6-23(17)18;/h2-3,8-9,24H,4-7,10-12H2,1H3,(H,20,21);1H. The van der Waals surface area contributed by atoms with Gasteiger partial charge in [0, 0.05) is 31.7 Å². The van der Waals surface area contributed by atoms with E-state index in [-0.39, 0.29) is 36.4 Å². The predicted molar refractivity (Wildman–Crippen MR) is 110 cm³/mol. The Labute approximate surface area is 169 Å². The molecule has 142 valence electrons. The molecule has 1 fully saturated rings. The maximum absolute atomic E-state index is 13.4. The van der Waals surface area contributed by atoms with Crippen LogP contribution in [0.5, 0.6) is 0 Å². The number of halogens is 2. The van der Waals surface area contributed by atoms with Crippen molar-refractivity contribution < 1.29 is 14.2 Å². The van der Waals surface area contributed by atoms with Gasteiger partial charge in [0.05, 0.1) is 31.9 Å². The van der Waals surface area contributed by atoms with Gasteiger partial charge in [-0.3, -0.25) is 4.99 Å². The normalized spacial score (nSPS) is 22.1. The third-order valence-corrected chi connectivity index (χ3v) is 5.19. The molecule has 8 heteroatoms. The van der Waals surface area contributed by atoms with Gasteiger partial charge in [0.1, 0.15) is 11.4 Å². The summed E-state index contributed by atoms with van der Waals surface area (Å²) in [5, 5.41) is 14.2. The lowest BCUT2D eigenvalue weighted by molar-refractivity contribution is -0.0467. The number of aliphatic hydroxyl groups is 1. The summed E-state index contributed by atoms with van der Waals surface area (Å²) < 4.78 is 20.9. The molecule has 0 radical (unpaired) electrons. The molecule has 0 saturated carbocycles. The van der Waals surface area contributed by atoms with E-state index in [4.69, 9.17) is 4.74 Å². The molecule has 2 aliphatic rings. The Balaban J connectivity index is 0.00000196. The molecule has 26 heavy (non-hydrogen) atoms. The van der Waals surface area contributed by atoms with Crippen molar-refractivity contribution in [2.24, 2.45) is 12.0 Å². The highest BCUT2D eigenvalue weighted by Gasteiger charge is 2.44. The molecule has 0 amide bonds. The number of benzene rings is 1. The molecule has 1 atom stereocenters. The monoisotopic (exact) mass is 474 g/mol. The Kier molecular flexibility index (Phi) is 5.73. The molecule has 2 N–H and O–H groups in total. The van der Waals surface area contributed by atoms with Crippen LogP contribution in [-0.4, -0.2) is 65.5 Å². The molecular formula is C18H24FIN4O2. The van der Waals surface area contributed by atoms with Crippen LogP contribution in [0.2, 0.25) is 0 Å². The third-order valence-electron chi connectivity index (χ3n) is 5.19. The summed E-state index contributed by atoms with van der Waals surface area (Å²) in [5.74, 6) is 0.620. The number of ether oxygens (including phenoxy) is 1. The van der Waals surface area contributed by atoms with E-state index in [1.54, 1.807) is 6.07 Å². The smallest absolute Gasteiger partial charge is 0.194 e. The van der Waals surface area contributed by atoms with Crippen LogP contribution in [0.3, 0.4) is 0 Å². The van der Waals surface area contributed by atoms with Crippen molar-refractivity contribution in [3.63, 3.8) is 0 Å². The number of aromatic nitrogens is 1. The second-order valence-electron chi connectivity index (χ2n) is 6.83. The Hall–Kier alpha value is -1.39. The lowest BCUT2D eigenvalue weighted by Crippen LogP contribution is -2.61. The summed E-state index contributed by atoms with van der Waals surface area (Å²) in [5.41, 5.74) is 1.68. The largest absolute Gasteiger partial charge is 0.394 e. The van der Waals surface area contributed by atoms with Crippen molar-refractivity contribution in [3.05, 3.63) is 35.8 Å². The van der Waals surface area contributed by atoms with Gasteiger partial charge in [0.25, 0.3) is 0 Å². The molecule has 0 bridgehead atoms. The van der Waals surface area contributed by atoms with Gasteiger partial charge in [0.2, 0.25) is 0 Å². The number of aliphatic imine (C=N–C) groups is 1. The number of aryl methyl sites for hydroxylation is 1. The topological polar surface area (TPSA) is 62.0 Å². The number of nitrogens with one attached hydrogen (secondary N) is 1. The minimum atomic E-state index is -0.405. The highest BCUT2D eigenvalue weighted by molar-refractivity contribution is 14.0. The molecule has 6 nitrogen and oxygen atoms in total. The molecular weight excluding hydrogens is 450 g/mol. The van der Waals surface area contributed by atoms with Gasteiger partial charge < -0.3 is 24.6 Å². The predicted octanol–water partition coefficient (Wildman–Crippen LogP) is 1.50. The number of rotatable bonds is 4. The molecule has 3 heterocycles. The number of hydrogen-bond acceptors (Lipinski definition) is 5. The minimum absolute atomic E-state index is 0. The SMILES string of the molecule is Cn1cc(CCNC2=NCC3(CO)COCCN23)c2ccc(F)cc21.I. The molecule has 2 aliphatic heterocycles. The van der Waals surface area contributed by atoms with Gasteiger partial charge in [-0.25, -0.2) is 4.39 Å². The van der Waals surface area contributed by atoms with Gasteiger partial charge >= 0.3 is 0 Å². The lowest BCUT2D eigenvalue weighted by atomic mass is 10.00. The Morgan fingerprint density at radius 3 is 3.08 bits per heavy atom. The first kappa shape index (κ1) is 19.4. The van der Waals surface area contributed by atoms with Crippen LogP contribution in [-0.2, 0) is 18.2 Å². The summed E-state index contributed by atoms with van der Waals surface area (Å²) in [4.78, 5) is 6.70. The third kappa shape index (κ3) is 3.29. The van der Waals surface area contributed by atoms with Crippen molar-refractivity contribution >= 4 is 40.8 Å². The molecule has 2 aromatic rings. The van der Waals surface area contributed by atoms with E-state index >= 15 is 0 Å². The quantitative estimate of drug-likeness (QED) is 0.660. The molecule has 1 aromatic heterocycles. The van der Waals surface area contributed by atoms with Crippen LogP contribution in [0.25, 0.3) is 10.9 Å². The zero-order chi connectivity index (χ0) is 17.4. The zero-order valence-corrected chi connectivity index (χ0v) is 17.1. The van der Waals surface area contributed by atoms with Gasteiger partial charge in [-0.2, -0.15) is 0 Å². The van der Waals surface area contributed by atoms with Crippen LogP contribution in [0.1, 0.15) is 5.56 Å². The van der Waals surface area contributed by atoms with E-state index in [0.717, 1.165) is 36.4 Å². The Bertz CT molecular complexity index is 825. The molecule has 0 aliphatic carbocycles. The molecule has 4 rings (SSSR count). The summed E-state index contributed by atoms with van der Waals surface area (Å²) >= 11 is 0. The Morgan fingerprint density at radius 1 is 1.42 bits per heavy atom. The average molecular weight is 474 g/mol. The summed E-state index contributed by atoms with van der Waals surface area (Å²) in [6, 6.07) is 4.91. The van der Waals surface area contributed by atoms with E-state index in [1.165, 1.54) is 11.6 Å². The van der Waals surface area contributed by atoms with Gasteiger partial charge in [0.15, 0.2) is 5.96 Å². The molecule has 1 saturated heterocycles. The molecule has 0 spiro atoms. The van der Waals surface area contributed by atoms with E-state index in [1.807, 2.05) is 17.7 Å². The van der Waals surface area contributed by atoms with Crippen LogP contribution in [0.15, 0.2) is 29.4 Å². The zero-order valence-electron chi connectivity index (χ0n) is 14.7. The number of nitrogens with zero attached hydrogens (tertiary/aromatic N) is 3. The van der Waals surface area contributed by atoms with Crippen molar-refractivity contribution in [1.29, 1.82) is 0 Å². The van der Waals surface area contributed by atoms with Gasteiger partial charge in [-0.15, -0.1) is 24.0 Å². The van der Waals surface area contributed by atoms with Crippen LogP contribution < -0.4 is 5.32 Å². The maximum atomic E-state index is 13.4. The van der Waals surface area contributed by atoms with Gasteiger partial charge in [-0.1, -0.05) is 0 Å². The van der Waals surface area contributed by atoms with Crippen molar-refractivity contribution in [1.82, 2.24) is 14.8 Å².